The second-order valence-electron chi connectivity index (χ2n) is 7.25. The van der Waals surface area contributed by atoms with E-state index in [-0.39, 0.29) is 11.9 Å². The highest BCUT2D eigenvalue weighted by atomic mass is 32.2. The average Bonchev–Trinajstić information content (AvgIpc) is 3.30. The van der Waals surface area contributed by atoms with Crippen molar-refractivity contribution in [3.8, 4) is 11.5 Å². The molecule has 0 bridgehead atoms. The molecule has 3 rings (SSSR count). The molecule has 0 radical (unpaired) electrons. The number of hydrogen-bond acceptors (Lipinski definition) is 5. The van der Waals surface area contributed by atoms with Crippen molar-refractivity contribution in [1.82, 2.24) is 4.90 Å². The second-order valence-corrected chi connectivity index (χ2v) is 8.24. The van der Waals surface area contributed by atoms with Crippen LogP contribution in [-0.4, -0.2) is 42.0 Å². The van der Waals surface area contributed by atoms with E-state index in [2.05, 4.69) is 13.8 Å². The third kappa shape index (κ3) is 6.37. The minimum absolute atomic E-state index is 0.0465. The molecule has 164 valence electrons. The number of carbonyl (C=O) groups is 1. The van der Waals surface area contributed by atoms with Crippen LogP contribution in [0.25, 0.3) is 6.08 Å². The fourth-order valence-corrected chi connectivity index (χ4v) is 4.29. The van der Waals surface area contributed by atoms with E-state index in [1.807, 2.05) is 54.6 Å². The van der Waals surface area contributed by atoms with Crippen LogP contribution in [0.1, 0.15) is 43.9 Å². The van der Waals surface area contributed by atoms with Gasteiger partial charge in [0.1, 0.15) is 11.5 Å². The first-order valence-electron chi connectivity index (χ1n) is 10.7. The first-order chi connectivity index (χ1) is 15.1. The largest absolute Gasteiger partial charge is 0.497 e. The molecule has 1 amide bonds. The topological polar surface area (TPSA) is 51.1 Å². The molecule has 1 unspecified atom stereocenters. The Bertz CT molecular complexity index is 907. The van der Waals surface area contributed by atoms with Crippen LogP contribution >= 0.6 is 11.8 Å². The number of carbonyl (C=O) groups excluding carboxylic acids is 1. The van der Waals surface area contributed by atoms with Gasteiger partial charge in [-0.3, -0.25) is 14.7 Å². The Kier molecular flexibility index (Phi) is 8.59. The van der Waals surface area contributed by atoms with Crippen LogP contribution in [-0.2, 0) is 4.79 Å². The summed E-state index contributed by atoms with van der Waals surface area (Å²) >= 11 is 1.64. The van der Waals surface area contributed by atoms with E-state index in [4.69, 9.17) is 14.5 Å². The van der Waals surface area contributed by atoms with Crippen molar-refractivity contribution in [3.63, 3.8) is 0 Å². The van der Waals surface area contributed by atoms with E-state index in [1.165, 1.54) is 0 Å². The lowest BCUT2D eigenvalue weighted by molar-refractivity contribution is -0.122. The van der Waals surface area contributed by atoms with Crippen molar-refractivity contribution in [3.05, 3.63) is 65.7 Å². The van der Waals surface area contributed by atoms with Crippen LogP contribution in [0.4, 0.5) is 0 Å². The summed E-state index contributed by atoms with van der Waals surface area (Å²) in [6, 6.07) is 15.8. The molecule has 0 aliphatic carbocycles. The highest BCUT2D eigenvalue weighted by molar-refractivity contribution is 8.14. The Labute approximate surface area is 189 Å². The number of aliphatic imine (C=N–C) groups is 1. The molecule has 2 aromatic rings. The Balaban J connectivity index is 1.67. The average molecular weight is 439 g/mol. The molecule has 5 nitrogen and oxygen atoms in total. The summed E-state index contributed by atoms with van der Waals surface area (Å²) in [6.45, 7) is 5.50. The van der Waals surface area contributed by atoms with Crippen LogP contribution < -0.4 is 9.47 Å². The molecule has 2 aromatic carbocycles. The van der Waals surface area contributed by atoms with Crippen LogP contribution in [0.15, 0.2) is 59.6 Å². The lowest BCUT2D eigenvalue weighted by Gasteiger charge is -2.19. The van der Waals surface area contributed by atoms with E-state index >= 15 is 0 Å². The first-order valence-corrected chi connectivity index (χ1v) is 11.7. The smallest absolute Gasteiger partial charge is 0.252 e. The Morgan fingerprint density at radius 3 is 2.45 bits per heavy atom. The SMILES string of the molecule is CCCOc1ccc(/C=C/C(=O)N(CCC)C2=NC(c3ccc(OC)cc3)CS2)cc1. The number of nitrogens with zero attached hydrogens (tertiary/aromatic N) is 2. The third-order valence-electron chi connectivity index (χ3n) is 4.85. The highest BCUT2D eigenvalue weighted by Gasteiger charge is 2.26. The maximum absolute atomic E-state index is 12.9. The highest BCUT2D eigenvalue weighted by Crippen LogP contribution is 2.32. The molecule has 0 aromatic heterocycles. The summed E-state index contributed by atoms with van der Waals surface area (Å²) in [5.74, 6) is 2.46. The van der Waals surface area contributed by atoms with Crippen molar-refractivity contribution in [2.24, 2.45) is 4.99 Å². The molecule has 1 aliphatic heterocycles. The monoisotopic (exact) mass is 438 g/mol. The fraction of sp³-hybridized carbons (Fsp3) is 0.360. The van der Waals surface area contributed by atoms with Gasteiger partial charge in [-0.15, -0.1) is 0 Å². The Morgan fingerprint density at radius 2 is 1.81 bits per heavy atom. The van der Waals surface area contributed by atoms with Gasteiger partial charge in [0.05, 0.1) is 19.8 Å². The molecule has 0 saturated heterocycles. The van der Waals surface area contributed by atoms with Gasteiger partial charge in [-0.25, -0.2) is 0 Å². The predicted molar refractivity (Wildman–Crippen MR) is 129 cm³/mol. The maximum atomic E-state index is 12.9. The van der Waals surface area contributed by atoms with Gasteiger partial charge in [0.2, 0.25) is 0 Å². The summed E-state index contributed by atoms with van der Waals surface area (Å²) in [7, 11) is 1.66. The summed E-state index contributed by atoms with van der Waals surface area (Å²) in [5, 5.41) is 0.792. The number of hydrogen-bond donors (Lipinski definition) is 0. The van der Waals surface area contributed by atoms with Gasteiger partial charge in [-0.05, 0) is 54.3 Å². The minimum Gasteiger partial charge on any atom is -0.497 e. The zero-order valence-electron chi connectivity index (χ0n) is 18.4. The molecule has 0 saturated carbocycles. The standard InChI is InChI=1S/C25H30N2O3S/c1-4-16-27(24(28)15-8-19-6-11-22(12-7-19)30-17-5-2)25-26-23(18-31-25)20-9-13-21(29-3)14-10-20/h6-15,23H,4-5,16-18H2,1-3H3/b15-8+. The molecule has 0 spiro atoms. The lowest BCUT2D eigenvalue weighted by Crippen LogP contribution is -2.33. The normalized spacial score (nSPS) is 15.7. The van der Waals surface area contributed by atoms with Crippen molar-refractivity contribution < 1.29 is 14.3 Å². The molecule has 6 heteroatoms. The summed E-state index contributed by atoms with van der Waals surface area (Å²) in [6.07, 6.45) is 5.32. The van der Waals surface area contributed by atoms with E-state index < -0.39 is 0 Å². The zero-order valence-corrected chi connectivity index (χ0v) is 19.2. The molecule has 1 heterocycles. The van der Waals surface area contributed by atoms with Gasteiger partial charge < -0.3 is 9.47 Å². The van der Waals surface area contributed by atoms with Crippen molar-refractivity contribution >= 4 is 28.9 Å². The van der Waals surface area contributed by atoms with Crippen LogP contribution in [0.2, 0.25) is 0 Å². The minimum atomic E-state index is -0.0465. The summed E-state index contributed by atoms with van der Waals surface area (Å²) < 4.78 is 10.8. The summed E-state index contributed by atoms with van der Waals surface area (Å²) in [5.41, 5.74) is 2.10. The maximum Gasteiger partial charge on any atom is 0.252 e. The van der Waals surface area contributed by atoms with Gasteiger partial charge in [0, 0.05) is 18.4 Å². The molecular formula is C25H30N2O3S. The number of methoxy groups -OCH3 is 1. The molecule has 1 aliphatic rings. The number of rotatable bonds is 9. The number of amides is 1. The van der Waals surface area contributed by atoms with E-state index in [9.17, 15) is 4.79 Å². The van der Waals surface area contributed by atoms with Crippen molar-refractivity contribution in [2.75, 3.05) is 26.0 Å². The molecule has 0 fully saturated rings. The fourth-order valence-electron chi connectivity index (χ4n) is 3.18. The van der Waals surface area contributed by atoms with Crippen molar-refractivity contribution in [2.45, 2.75) is 32.7 Å². The second kappa shape index (κ2) is 11.6. The lowest BCUT2D eigenvalue weighted by atomic mass is 10.1. The molecule has 0 N–H and O–H groups in total. The third-order valence-corrected chi connectivity index (χ3v) is 5.92. The molecule has 1 atom stereocenters. The Hall–Kier alpha value is -2.73. The van der Waals surface area contributed by atoms with E-state index in [1.54, 1.807) is 29.8 Å². The molecule has 31 heavy (non-hydrogen) atoms. The van der Waals surface area contributed by atoms with Gasteiger partial charge in [0.15, 0.2) is 5.17 Å². The predicted octanol–water partition coefficient (Wildman–Crippen LogP) is 5.58. The van der Waals surface area contributed by atoms with Gasteiger partial charge in [0.25, 0.3) is 5.91 Å². The van der Waals surface area contributed by atoms with E-state index in [0.717, 1.165) is 46.4 Å². The summed E-state index contributed by atoms with van der Waals surface area (Å²) in [4.78, 5) is 19.6. The number of thioether (sulfide) groups is 1. The number of amidine groups is 1. The van der Waals surface area contributed by atoms with Gasteiger partial charge in [-0.1, -0.05) is 49.9 Å². The molecular weight excluding hydrogens is 408 g/mol. The number of benzene rings is 2. The van der Waals surface area contributed by atoms with Crippen LogP contribution in [0.3, 0.4) is 0 Å². The van der Waals surface area contributed by atoms with E-state index in [0.29, 0.717) is 13.2 Å². The van der Waals surface area contributed by atoms with Crippen LogP contribution in [0.5, 0.6) is 11.5 Å². The first kappa shape index (κ1) is 22.9. The Morgan fingerprint density at radius 1 is 1.10 bits per heavy atom. The zero-order chi connectivity index (χ0) is 22.1. The quantitative estimate of drug-likeness (QED) is 0.480. The van der Waals surface area contributed by atoms with Crippen molar-refractivity contribution in [1.29, 1.82) is 0 Å². The van der Waals surface area contributed by atoms with Crippen LogP contribution in [0, 0.1) is 0 Å². The number of ether oxygens (including phenoxy) is 2. The van der Waals surface area contributed by atoms with Gasteiger partial charge >= 0.3 is 0 Å². The van der Waals surface area contributed by atoms with Gasteiger partial charge in [-0.2, -0.15) is 0 Å².